The van der Waals surface area contributed by atoms with E-state index in [0.717, 1.165) is 13.0 Å². The second kappa shape index (κ2) is 5.65. The van der Waals surface area contributed by atoms with Crippen LogP contribution in [0.4, 0.5) is 0 Å². The summed E-state index contributed by atoms with van der Waals surface area (Å²) in [5.41, 5.74) is 0. The van der Waals surface area contributed by atoms with Gasteiger partial charge in [-0.3, -0.25) is 4.84 Å². The summed E-state index contributed by atoms with van der Waals surface area (Å²) in [6, 6.07) is 0. The molecule has 0 heterocycles. The Morgan fingerprint density at radius 3 is 2.67 bits per heavy atom. The molecule has 0 aliphatic rings. The Kier molecular flexibility index (Phi) is 6.26. The largest absolute Gasteiger partial charge is 0.292 e. The maximum atomic E-state index is 4.72. The van der Waals surface area contributed by atoms with E-state index in [-0.39, 0.29) is 0 Å². The lowest BCUT2D eigenvalue weighted by Gasteiger charge is -1.91. The topological polar surface area (TPSA) is 21.3 Å². The fourth-order valence-corrected chi connectivity index (χ4v) is 0.361. The maximum absolute atomic E-state index is 4.72. The van der Waals surface area contributed by atoms with Gasteiger partial charge in [-0.05, 0) is 6.42 Å². The highest BCUT2D eigenvalue weighted by Crippen LogP contribution is 1.76. The Morgan fingerprint density at radius 2 is 2.50 bits per heavy atom. The molecule has 0 spiro atoms. The average molecular weight is 201 g/mol. The van der Waals surface area contributed by atoms with Gasteiger partial charge < -0.3 is 0 Å². The zero-order valence-electron chi connectivity index (χ0n) is 3.70. The van der Waals surface area contributed by atoms with Crippen LogP contribution < -0.4 is 3.69 Å². The minimum atomic E-state index is 0.795. The minimum absolute atomic E-state index is 0.795. The van der Waals surface area contributed by atoms with Crippen molar-refractivity contribution in [3.05, 3.63) is 0 Å². The van der Waals surface area contributed by atoms with Gasteiger partial charge in [0.15, 0.2) is 0 Å². The average Bonchev–Trinajstić information content (AvgIpc) is 1.61. The summed E-state index contributed by atoms with van der Waals surface area (Å²) in [4.78, 5) is 4.72. The summed E-state index contributed by atoms with van der Waals surface area (Å²) in [6.07, 6.45) is 1.07. The van der Waals surface area contributed by atoms with E-state index < -0.39 is 0 Å². The van der Waals surface area contributed by atoms with E-state index in [1.807, 2.05) is 22.9 Å². The highest BCUT2D eigenvalue weighted by Gasteiger charge is 1.73. The first-order valence-corrected chi connectivity index (χ1v) is 2.97. The fourth-order valence-electron chi connectivity index (χ4n) is 0.141. The van der Waals surface area contributed by atoms with Gasteiger partial charge in [0.05, 0.1) is 6.61 Å². The van der Waals surface area contributed by atoms with Gasteiger partial charge in [0, 0.05) is 22.9 Å². The smallest absolute Gasteiger partial charge is 0.0689 e. The number of rotatable bonds is 3. The predicted octanol–water partition coefficient (Wildman–Crippen LogP) is 1.27. The zero-order valence-corrected chi connectivity index (χ0v) is 5.86. The van der Waals surface area contributed by atoms with E-state index in [0.29, 0.717) is 0 Å². The molecule has 3 heteroatoms. The fraction of sp³-hybridized carbons (Fsp3) is 1.00. The van der Waals surface area contributed by atoms with Gasteiger partial charge in [-0.2, -0.15) is 0 Å². The van der Waals surface area contributed by atoms with Crippen LogP contribution in [-0.4, -0.2) is 6.61 Å². The van der Waals surface area contributed by atoms with Crippen molar-refractivity contribution in [2.45, 2.75) is 13.3 Å². The van der Waals surface area contributed by atoms with E-state index in [4.69, 9.17) is 4.84 Å². The molecule has 2 nitrogen and oxygen atoms in total. The monoisotopic (exact) mass is 201 g/mol. The molecule has 0 saturated heterocycles. The maximum Gasteiger partial charge on any atom is 0.0689 e. The van der Waals surface area contributed by atoms with Gasteiger partial charge in [0.25, 0.3) is 0 Å². The highest BCUT2D eigenvalue weighted by molar-refractivity contribution is 14.1. The van der Waals surface area contributed by atoms with Gasteiger partial charge in [-0.15, -0.1) is 3.69 Å². The number of hydrogen-bond acceptors (Lipinski definition) is 2. The second-order valence-corrected chi connectivity index (χ2v) is 1.37. The molecule has 0 aromatic rings. The van der Waals surface area contributed by atoms with Crippen molar-refractivity contribution in [3.63, 3.8) is 0 Å². The third-order valence-corrected chi connectivity index (χ3v) is 0.672. The molecule has 0 unspecified atom stereocenters. The lowest BCUT2D eigenvalue weighted by atomic mass is 10.5. The van der Waals surface area contributed by atoms with Crippen molar-refractivity contribution in [1.82, 2.24) is 3.69 Å². The highest BCUT2D eigenvalue weighted by atomic mass is 127. The molecule has 0 atom stereocenters. The van der Waals surface area contributed by atoms with Crippen LogP contribution in [-0.2, 0) is 4.84 Å². The molecule has 0 aromatic carbocycles. The second-order valence-electron chi connectivity index (χ2n) is 0.926. The molecule has 1 N–H and O–H groups in total. The molecule has 0 radical (unpaired) electrons. The molecular formula is C3H8INO. The predicted molar refractivity (Wildman–Crippen MR) is 33.4 cm³/mol. The van der Waals surface area contributed by atoms with Crippen molar-refractivity contribution in [3.8, 4) is 0 Å². The summed E-state index contributed by atoms with van der Waals surface area (Å²) in [5, 5.41) is 0. The van der Waals surface area contributed by atoms with Gasteiger partial charge in [0.2, 0.25) is 0 Å². The van der Waals surface area contributed by atoms with Crippen molar-refractivity contribution < 1.29 is 4.84 Å². The molecule has 6 heavy (non-hydrogen) atoms. The van der Waals surface area contributed by atoms with Gasteiger partial charge in [-0.25, -0.2) is 0 Å². The van der Waals surface area contributed by atoms with E-state index in [1.165, 1.54) is 0 Å². The Hall–Kier alpha value is 0.650. The lowest BCUT2D eigenvalue weighted by Crippen LogP contribution is -1.99. The summed E-state index contributed by atoms with van der Waals surface area (Å²) in [7, 11) is 0. The first-order chi connectivity index (χ1) is 2.91. The zero-order chi connectivity index (χ0) is 4.83. The van der Waals surface area contributed by atoms with Crippen LogP contribution in [0.2, 0.25) is 0 Å². The van der Waals surface area contributed by atoms with Crippen molar-refractivity contribution >= 4 is 22.9 Å². The molecule has 0 aromatic heterocycles. The number of hydrogen-bond donors (Lipinski definition) is 1. The Bertz CT molecular complexity index is 22.8. The minimum Gasteiger partial charge on any atom is -0.292 e. The van der Waals surface area contributed by atoms with E-state index in [2.05, 4.69) is 10.6 Å². The van der Waals surface area contributed by atoms with E-state index in [1.54, 1.807) is 0 Å². The summed E-state index contributed by atoms with van der Waals surface area (Å²) in [5.74, 6) is 0. The Labute approximate surface area is 51.7 Å². The normalized spacial score (nSPS) is 9.00. The lowest BCUT2D eigenvalue weighted by molar-refractivity contribution is 0.114. The molecule has 0 amide bonds. The quantitative estimate of drug-likeness (QED) is 0.321. The Morgan fingerprint density at radius 1 is 1.83 bits per heavy atom. The van der Waals surface area contributed by atoms with E-state index >= 15 is 0 Å². The molecule has 0 saturated carbocycles. The molecular weight excluding hydrogens is 193 g/mol. The standard InChI is InChI=1S/C3H8INO/c1-2-3-6-5-4/h5H,2-3H2,1H3. The van der Waals surface area contributed by atoms with Crippen molar-refractivity contribution in [2.24, 2.45) is 0 Å². The molecule has 0 fully saturated rings. The third kappa shape index (κ3) is 4.65. The van der Waals surface area contributed by atoms with Crippen LogP contribution in [0.1, 0.15) is 13.3 Å². The summed E-state index contributed by atoms with van der Waals surface area (Å²) >= 11 is 1.94. The van der Waals surface area contributed by atoms with Crippen LogP contribution >= 0.6 is 22.9 Å². The van der Waals surface area contributed by atoms with Crippen molar-refractivity contribution in [2.75, 3.05) is 6.61 Å². The van der Waals surface area contributed by atoms with Crippen molar-refractivity contribution in [1.29, 1.82) is 0 Å². The van der Waals surface area contributed by atoms with Crippen LogP contribution in [0, 0.1) is 0 Å². The van der Waals surface area contributed by atoms with Gasteiger partial charge in [-0.1, -0.05) is 6.92 Å². The molecule has 38 valence electrons. The summed E-state index contributed by atoms with van der Waals surface area (Å²) < 4.78 is 2.54. The van der Waals surface area contributed by atoms with Crippen LogP contribution in [0.5, 0.6) is 0 Å². The summed E-state index contributed by atoms with van der Waals surface area (Å²) in [6.45, 7) is 2.86. The first-order valence-electron chi connectivity index (χ1n) is 1.89. The van der Waals surface area contributed by atoms with Gasteiger partial charge >= 0.3 is 0 Å². The Balaban J connectivity index is 2.34. The van der Waals surface area contributed by atoms with Crippen LogP contribution in [0.3, 0.4) is 0 Å². The molecule has 0 aliphatic carbocycles. The SMILES string of the molecule is CCCONI. The van der Waals surface area contributed by atoms with Gasteiger partial charge in [0.1, 0.15) is 0 Å². The number of halogens is 1. The third-order valence-electron chi connectivity index (χ3n) is 0.361. The van der Waals surface area contributed by atoms with Crippen LogP contribution in [0.15, 0.2) is 0 Å². The van der Waals surface area contributed by atoms with E-state index in [9.17, 15) is 0 Å². The molecule has 0 aliphatic heterocycles. The molecule has 0 bridgehead atoms. The first kappa shape index (κ1) is 6.65. The van der Waals surface area contributed by atoms with Crippen LogP contribution in [0.25, 0.3) is 0 Å². The molecule has 0 rings (SSSR count). The number of nitrogens with one attached hydrogen (secondary N) is 1.